The fourth-order valence-corrected chi connectivity index (χ4v) is 4.73. The Hall–Kier alpha value is -3.52. The highest BCUT2D eigenvalue weighted by Gasteiger charge is 2.47. The summed E-state index contributed by atoms with van der Waals surface area (Å²) < 4.78 is 70.3. The van der Waals surface area contributed by atoms with E-state index in [1.54, 1.807) is 17.0 Å². The van der Waals surface area contributed by atoms with Crippen molar-refractivity contribution in [2.75, 3.05) is 50.6 Å². The first kappa shape index (κ1) is 26.1. The SMILES string of the molecule is COc1nc(N[C@@H]2CCN(C3COC3)CC2(F)F)nn2cc(F)c(-c3ccc(N=N)c(NC[C@H](C)F)c3)c12. The van der Waals surface area contributed by atoms with E-state index in [1.165, 1.54) is 24.6 Å². The first-order chi connectivity index (χ1) is 18.2. The van der Waals surface area contributed by atoms with E-state index >= 15 is 4.39 Å². The van der Waals surface area contributed by atoms with E-state index in [0.717, 1.165) is 6.20 Å². The number of hydrogen-bond acceptors (Lipinski definition) is 9. The van der Waals surface area contributed by atoms with E-state index in [-0.39, 0.29) is 47.6 Å². The van der Waals surface area contributed by atoms with Crippen LogP contribution >= 0.6 is 0 Å². The number of ether oxygens (including phenoxy) is 2. The lowest BCUT2D eigenvalue weighted by Crippen LogP contribution is -2.61. The van der Waals surface area contributed by atoms with Crippen LogP contribution in [0.15, 0.2) is 29.5 Å². The van der Waals surface area contributed by atoms with Gasteiger partial charge in [0.05, 0.1) is 56.4 Å². The molecule has 2 fully saturated rings. The highest BCUT2D eigenvalue weighted by atomic mass is 19.3. The maximum atomic E-state index is 15.3. The molecule has 0 spiro atoms. The molecule has 204 valence electrons. The van der Waals surface area contributed by atoms with Crippen LogP contribution in [-0.4, -0.2) is 83.6 Å². The Morgan fingerprint density at radius 3 is 2.76 bits per heavy atom. The fraction of sp³-hybridized carbons (Fsp3) is 0.500. The summed E-state index contributed by atoms with van der Waals surface area (Å²) >= 11 is 0. The summed E-state index contributed by atoms with van der Waals surface area (Å²) in [7, 11) is 1.34. The molecule has 2 atom stereocenters. The van der Waals surface area contributed by atoms with Crippen molar-refractivity contribution in [3.63, 3.8) is 0 Å². The van der Waals surface area contributed by atoms with Crippen LogP contribution in [0.3, 0.4) is 0 Å². The molecule has 3 aromatic rings. The average Bonchev–Trinajstić information content (AvgIpc) is 3.17. The zero-order valence-electron chi connectivity index (χ0n) is 20.8. The highest BCUT2D eigenvalue weighted by Crippen LogP contribution is 2.38. The summed E-state index contributed by atoms with van der Waals surface area (Å²) in [4.78, 5) is 6.00. The first-order valence-corrected chi connectivity index (χ1v) is 12.2. The van der Waals surface area contributed by atoms with Gasteiger partial charge in [0.1, 0.15) is 17.4 Å². The third-order valence-corrected chi connectivity index (χ3v) is 6.79. The third-order valence-electron chi connectivity index (χ3n) is 6.79. The minimum atomic E-state index is -3.04. The summed E-state index contributed by atoms with van der Waals surface area (Å²) in [5.41, 5.74) is 8.63. The monoisotopic (exact) mass is 536 g/mol. The zero-order chi connectivity index (χ0) is 27.0. The minimum Gasteiger partial charge on any atom is -0.479 e. The van der Waals surface area contributed by atoms with Gasteiger partial charge in [-0.15, -0.1) is 5.10 Å². The second kappa shape index (κ2) is 10.3. The van der Waals surface area contributed by atoms with Crippen molar-refractivity contribution in [2.45, 2.75) is 37.5 Å². The molecular formula is C24H28F4N8O2. The number of benzene rings is 1. The maximum Gasteiger partial charge on any atom is 0.280 e. The molecule has 3 N–H and O–H groups in total. The Labute approximate surface area is 215 Å². The smallest absolute Gasteiger partial charge is 0.280 e. The topological polar surface area (TPSA) is 112 Å². The number of likely N-dealkylation sites (tertiary alicyclic amines) is 1. The number of fused-ring (bicyclic) bond motifs is 1. The second-order valence-electron chi connectivity index (χ2n) is 9.50. The zero-order valence-corrected chi connectivity index (χ0v) is 20.8. The summed E-state index contributed by atoms with van der Waals surface area (Å²) in [6.07, 6.45) is 0.117. The van der Waals surface area contributed by atoms with Gasteiger partial charge in [-0.05, 0) is 31.0 Å². The number of piperidine rings is 1. The Balaban J connectivity index is 1.45. The van der Waals surface area contributed by atoms with Gasteiger partial charge in [-0.1, -0.05) is 6.07 Å². The van der Waals surface area contributed by atoms with Crippen molar-refractivity contribution in [1.82, 2.24) is 19.5 Å². The molecule has 2 saturated heterocycles. The first-order valence-electron chi connectivity index (χ1n) is 12.2. The lowest BCUT2D eigenvalue weighted by atomic mass is 9.98. The van der Waals surface area contributed by atoms with Crippen LogP contribution in [0.5, 0.6) is 5.88 Å². The number of alkyl halides is 3. The van der Waals surface area contributed by atoms with E-state index in [0.29, 0.717) is 31.0 Å². The predicted octanol–water partition coefficient (Wildman–Crippen LogP) is 4.50. The van der Waals surface area contributed by atoms with Crippen molar-refractivity contribution < 1.29 is 27.0 Å². The van der Waals surface area contributed by atoms with E-state index < -0.39 is 30.5 Å². The van der Waals surface area contributed by atoms with Crippen LogP contribution in [0, 0.1) is 11.3 Å². The van der Waals surface area contributed by atoms with Crippen molar-refractivity contribution >= 4 is 22.8 Å². The number of anilines is 2. The number of hydrogen-bond donors (Lipinski definition) is 3. The van der Waals surface area contributed by atoms with Gasteiger partial charge in [-0.3, -0.25) is 4.90 Å². The molecule has 0 aliphatic carbocycles. The molecule has 5 rings (SSSR count). The Morgan fingerprint density at radius 1 is 1.34 bits per heavy atom. The third kappa shape index (κ3) is 4.97. The standard InChI is InChI=1S/C24H28F4N8O2/c1-13(25)8-30-18-7-14(3-4-17(18)33-29)20-16(26)9-36-21(20)22(37-2)32-23(34-36)31-19-5-6-35(12-24(19,27)28)15-10-38-11-15/h3-4,7,9,13,15,19,29-30H,5-6,8,10-12H2,1-2H3,(H,31,34)/t13-,19+/m0/s1. The number of methoxy groups -OCH3 is 1. The molecule has 2 aliphatic heterocycles. The van der Waals surface area contributed by atoms with Crippen molar-refractivity contribution in [3.8, 4) is 17.0 Å². The number of halogens is 4. The molecule has 1 aromatic carbocycles. The Bertz CT molecular complexity index is 1330. The van der Waals surface area contributed by atoms with Crippen molar-refractivity contribution in [1.29, 1.82) is 5.53 Å². The van der Waals surface area contributed by atoms with Crippen LogP contribution in [0.2, 0.25) is 0 Å². The molecule has 0 amide bonds. The lowest BCUT2D eigenvalue weighted by molar-refractivity contribution is -0.131. The van der Waals surface area contributed by atoms with Gasteiger partial charge >= 0.3 is 0 Å². The maximum absolute atomic E-state index is 15.3. The predicted molar refractivity (Wildman–Crippen MR) is 132 cm³/mol. The molecule has 0 saturated carbocycles. The molecule has 14 heteroatoms. The lowest BCUT2D eigenvalue weighted by Gasteiger charge is -2.44. The van der Waals surface area contributed by atoms with Gasteiger partial charge in [-0.25, -0.2) is 27.6 Å². The number of nitrogens with one attached hydrogen (secondary N) is 3. The van der Waals surface area contributed by atoms with Crippen LogP contribution in [0.4, 0.5) is 34.9 Å². The number of rotatable bonds is 9. The van der Waals surface area contributed by atoms with E-state index in [9.17, 15) is 13.2 Å². The molecular weight excluding hydrogens is 508 g/mol. The fourth-order valence-electron chi connectivity index (χ4n) is 4.73. The van der Waals surface area contributed by atoms with Crippen LogP contribution in [0.25, 0.3) is 16.6 Å². The normalized spacial score (nSPS) is 20.6. The number of aromatic nitrogens is 3. The summed E-state index contributed by atoms with van der Waals surface area (Å²) in [6, 6.07) is 3.40. The minimum absolute atomic E-state index is 0.00994. The van der Waals surface area contributed by atoms with E-state index in [1.807, 2.05) is 0 Å². The van der Waals surface area contributed by atoms with Crippen molar-refractivity contribution in [3.05, 3.63) is 30.2 Å². The van der Waals surface area contributed by atoms with Crippen LogP contribution < -0.4 is 15.4 Å². The van der Waals surface area contributed by atoms with Gasteiger partial charge in [-0.2, -0.15) is 10.1 Å². The molecule has 38 heavy (non-hydrogen) atoms. The second-order valence-corrected chi connectivity index (χ2v) is 9.50. The highest BCUT2D eigenvalue weighted by molar-refractivity contribution is 5.88. The molecule has 0 bridgehead atoms. The van der Waals surface area contributed by atoms with Crippen molar-refractivity contribution in [2.24, 2.45) is 5.11 Å². The van der Waals surface area contributed by atoms with Gasteiger partial charge in [0, 0.05) is 13.1 Å². The summed E-state index contributed by atoms with van der Waals surface area (Å²) in [6.45, 7) is 2.34. The summed E-state index contributed by atoms with van der Waals surface area (Å²) in [5, 5.41) is 13.3. The van der Waals surface area contributed by atoms with Gasteiger partial charge in [0.15, 0.2) is 5.82 Å². The van der Waals surface area contributed by atoms with E-state index in [4.69, 9.17) is 15.0 Å². The Kier molecular flexibility index (Phi) is 7.09. The van der Waals surface area contributed by atoms with Gasteiger partial charge in [0.2, 0.25) is 11.8 Å². The molecule has 4 heterocycles. The van der Waals surface area contributed by atoms with Crippen LogP contribution in [-0.2, 0) is 4.74 Å². The molecule has 0 unspecified atom stereocenters. The Morgan fingerprint density at radius 2 is 2.13 bits per heavy atom. The largest absolute Gasteiger partial charge is 0.479 e. The van der Waals surface area contributed by atoms with Gasteiger partial charge in [0.25, 0.3) is 5.92 Å². The summed E-state index contributed by atoms with van der Waals surface area (Å²) in [5.74, 6) is -3.84. The molecule has 2 aliphatic rings. The quantitative estimate of drug-likeness (QED) is 0.273. The van der Waals surface area contributed by atoms with E-state index in [2.05, 4.69) is 25.8 Å². The average molecular weight is 537 g/mol. The van der Waals surface area contributed by atoms with Gasteiger partial charge < -0.3 is 20.1 Å². The number of nitrogens with zero attached hydrogens (tertiary/aromatic N) is 5. The molecule has 0 radical (unpaired) electrons. The van der Waals surface area contributed by atoms with Crippen LogP contribution in [0.1, 0.15) is 13.3 Å². The molecule has 2 aromatic heterocycles. The molecule has 10 nitrogen and oxygen atoms in total.